The highest BCUT2D eigenvalue weighted by Crippen LogP contribution is 2.32. The number of hydrogen-bond acceptors (Lipinski definition) is 5. The van der Waals surface area contributed by atoms with Gasteiger partial charge >= 0.3 is 6.36 Å². The van der Waals surface area contributed by atoms with Crippen LogP contribution in [0.2, 0.25) is 0 Å². The first-order valence-electron chi connectivity index (χ1n) is 10.6. The van der Waals surface area contributed by atoms with Gasteiger partial charge in [-0.25, -0.2) is 13.6 Å². The van der Waals surface area contributed by atoms with E-state index in [1.54, 1.807) is 9.80 Å². The van der Waals surface area contributed by atoms with Gasteiger partial charge in [-0.3, -0.25) is 9.59 Å². The van der Waals surface area contributed by atoms with Gasteiger partial charge in [0.1, 0.15) is 5.75 Å². The van der Waals surface area contributed by atoms with Gasteiger partial charge in [0.15, 0.2) is 0 Å². The number of ether oxygens (including phenoxy) is 1. The molecule has 2 fully saturated rings. The number of sulfonamides is 1. The average molecular weight is 510 g/mol. The highest BCUT2D eigenvalue weighted by atomic mass is 32.2. The maximum absolute atomic E-state index is 12.8. The molecular formula is C23H22F3N3O5S. The molecule has 8 nitrogen and oxygen atoms in total. The summed E-state index contributed by atoms with van der Waals surface area (Å²) in [7, 11) is -3.84. The first-order valence-corrected chi connectivity index (χ1v) is 12.2. The molecule has 2 aliphatic rings. The summed E-state index contributed by atoms with van der Waals surface area (Å²) in [6, 6.07) is 10.6. The number of halogens is 3. The minimum atomic E-state index is -4.76. The van der Waals surface area contributed by atoms with Crippen molar-refractivity contribution in [3.8, 4) is 5.75 Å². The summed E-state index contributed by atoms with van der Waals surface area (Å²) < 4.78 is 63.3. The SMILES string of the molecule is NS(=O)(=O)c1ccc(C(=O)N2C[C@H]3CN(C(=O)C=Cc4ccc(OC(F)(F)F)cc4)C[C@@H]3C2)cc1. The van der Waals surface area contributed by atoms with Crippen LogP contribution in [-0.2, 0) is 14.8 Å². The van der Waals surface area contributed by atoms with E-state index in [2.05, 4.69) is 4.74 Å². The lowest BCUT2D eigenvalue weighted by atomic mass is 10.0. The van der Waals surface area contributed by atoms with Crippen LogP contribution >= 0.6 is 0 Å². The first-order chi connectivity index (χ1) is 16.4. The molecule has 2 amide bonds. The Labute approximate surface area is 199 Å². The van der Waals surface area contributed by atoms with Crippen molar-refractivity contribution in [1.82, 2.24) is 9.80 Å². The van der Waals surface area contributed by atoms with Crippen molar-refractivity contribution in [3.05, 3.63) is 65.7 Å². The lowest BCUT2D eigenvalue weighted by molar-refractivity contribution is -0.274. The van der Waals surface area contributed by atoms with E-state index in [4.69, 9.17) is 5.14 Å². The largest absolute Gasteiger partial charge is 0.573 e. The second-order valence-corrected chi connectivity index (χ2v) is 10.1. The number of rotatable bonds is 5. The zero-order valence-electron chi connectivity index (χ0n) is 18.3. The number of fused-ring (bicyclic) bond motifs is 1. The van der Waals surface area contributed by atoms with Gasteiger partial charge in [0.2, 0.25) is 15.9 Å². The third kappa shape index (κ3) is 6.01. The number of nitrogens with zero attached hydrogens (tertiary/aromatic N) is 2. The minimum absolute atomic E-state index is 0.0693. The molecule has 186 valence electrons. The predicted molar refractivity (Wildman–Crippen MR) is 119 cm³/mol. The highest BCUT2D eigenvalue weighted by molar-refractivity contribution is 7.89. The quantitative estimate of drug-likeness (QED) is 0.623. The van der Waals surface area contributed by atoms with Crippen molar-refractivity contribution >= 4 is 27.9 Å². The molecule has 0 aromatic heterocycles. The van der Waals surface area contributed by atoms with E-state index in [9.17, 15) is 31.2 Å². The summed E-state index contributed by atoms with van der Waals surface area (Å²) in [5.41, 5.74) is 0.914. The molecule has 0 saturated carbocycles. The van der Waals surface area contributed by atoms with Gasteiger partial charge in [-0.2, -0.15) is 0 Å². The second-order valence-electron chi connectivity index (χ2n) is 8.49. The molecule has 2 N–H and O–H groups in total. The fraction of sp³-hybridized carbons (Fsp3) is 0.304. The summed E-state index contributed by atoms with van der Waals surface area (Å²) in [4.78, 5) is 28.7. The number of benzene rings is 2. The van der Waals surface area contributed by atoms with Gasteiger partial charge < -0.3 is 14.5 Å². The van der Waals surface area contributed by atoms with Crippen LogP contribution in [0.3, 0.4) is 0 Å². The van der Waals surface area contributed by atoms with E-state index in [0.717, 1.165) is 0 Å². The number of likely N-dealkylation sites (tertiary alicyclic amines) is 2. The zero-order chi connectivity index (χ0) is 25.4. The Morgan fingerprint density at radius 2 is 1.46 bits per heavy atom. The number of hydrogen-bond donors (Lipinski definition) is 1. The zero-order valence-corrected chi connectivity index (χ0v) is 19.1. The molecule has 35 heavy (non-hydrogen) atoms. The van der Waals surface area contributed by atoms with Gasteiger partial charge in [-0.05, 0) is 48.0 Å². The average Bonchev–Trinajstić information content (AvgIpc) is 3.36. The van der Waals surface area contributed by atoms with Crippen molar-refractivity contribution in [2.24, 2.45) is 17.0 Å². The van der Waals surface area contributed by atoms with Crippen LogP contribution in [0.1, 0.15) is 15.9 Å². The summed E-state index contributed by atoms with van der Waals surface area (Å²) in [6.45, 7) is 1.93. The molecule has 0 spiro atoms. The van der Waals surface area contributed by atoms with E-state index in [-0.39, 0.29) is 34.3 Å². The molecule has 2 aromatic rings. The van der Waals surface area contributed by atoms with Gasteiger partial charge in [0.25, 0.3) is 5.91 Å². The molecular weight excluding hydrogens is 487 g/mol. The molecule has 2 atom stereocenters. The molecule has 4 rings (SSSR count). The van der Waals surface area contributed by atoms with Crippen LogP contribution in [0.5, 0.6) is 5.75 Å². The number of carbonyl (C=O) groups is 2. The summed E-state index contributed by atoms with van der Waals surface area (Å²) in [5.74, 6) is -0.520. The van der Waals surface area contributed by atoms with Crippen LogP contribution in [0.15, 0.2) is 59.5 Å². The predicted octanol–water partition coefficient (Wildman–Crippen LogP) is 2.48. The monoisotopic (exact) mass is 509 g/mol. The van der Waals surface area contributed by atoms with E-state index in [1.165, 1.54) is 60.7 Å². The molecule has 12 heteroatoms. The van der Waals surface area contributed by atoms with Crippen molar-refractivity contribution in [3.63, 3.8) is 0 Å². The Hall–Kier alpha value is -3.38. The van der Waals surface area contributed by atoms with Gasteiger partial charge in [-0.15, -0.1) is 13.2 Å². The molecule has 0 bridgehead atoms. The van der Waals surface area contributed by atoms with E-state index in [0.29, 0.717) is 37.3 Å². The summed E-state index contributed by atoms with van der Waals surface area (Å²) in [5, 5.41) is 5.08. The van der Waals surface area contributed by atoms with Crippen LogP contribution in [0.25, 0.3) is 6.08 Å². The molecule has 0 unspecified atom stereocenters. The van der Waals surface area contributed by atoms with E-state index in [1.807, 2.05) is 0 Å². The smallest absolute Gasteiger partial charge is 0.406 e. The maximum Gasteiger partial charge on any atom is 0.573 e. The van der Waals surface area contributed by atoms with Gasteiger partial charge in [0, 0.05) is 49.7 Å². The van der Waals surface area contributed by atoms with Crippen LogP contribution in [-0.4, -0.2) is 62.6 Å². The lowest BCUT2D eigenvalue weighted by Crippen LogP contribution is -2.35. The molecule has 2 aromatic carbocycles. The van der Waals surface area contributed by atoms with Crippen molar-refractivity contribution in [1.29, 1.82) is 0 Å². The van der Waals surface area contributed by atoms with Gasteiger partial charge in [0.05, 0.1) is 4.90 Å². The first kappa shape index (κ1) is 24.7. The Balaban J connectivity index is 1.30. The maximum atomic E-state index is 12.8. The number of nitrogens with two attached hydrogens (primary N) is 1. The van der Waals surface area contributed by atoms with Crippen LogP contribution in [0, 0.1) is 11.8 Å². The summed E-state index contributed by atoms with van der Waals surface area (Å²) in [6.07, 6.45) is -1.87. The highest BCUT2D eigenvalue weighted by Gasteiger charge is 2.42. The summed E-state index contributed by atoms with van der Waals surface area (Å²) >= 11 is 0. The third-order valence-electron chi connectivity index (χ3n) is 6.05. The third-order valence-corrected chi connectivity index (χ3v) is 6.98. The topological polar surface area (TPSA) is 110 Å². The Bertz CT molecular complexity index is 1230. The van der Waals surface area contributed by atoms with Crippen LogP contribution in [0.4, 0.5) is 13.2 Å². The Kier molecular flexibility index (Phi) is 6.60. The normalized spacial score (nSPS) is 20.3. The van der Waals surface area contributed by atoms with Gasteiger partial charge in [-0.1, -0.05) is 12.1 Å². The number of alkyl halides is 3. The minimum Gasteiger partial charge on any atom is -0.406 e. The Morgan fingerprint density at radius 1 is 0.914 bits per heavy atom. The van der Waals surface area contributed by atoms with E-state index < -0.39 is 16.4 Å². The molecule has 0 aliphatic carbocycles. The molecule has 0 radical (unpaired) electrons. The molecule has 2 aliphatic heterocycles. The number of carbonyl (C=O) groups excluding carboxylic acids is 2. The van der Waals surface area contributed by atoms with Crippen molar-refractivity contribution < 1.29 is 35.9 Å². The van der Waals surface area contributed by atoms with Crippen molar-refractivity contribution in [2.45, 2.75) is 11.3 Å². The molecule has 2 heterocycles. The number of primary sulfonamides is 1. The fourth-order valence-electron chi connectivity index (χ4n) is 4.36. The van der Waals surface area contributed by atoms with Crippen LogP contribution < -0.4 is 9.88 Å². The lowest BCUT2D eigenvalue weighted by Gasteiger charge is -2.21. The Morgan fingerprint density at radius 3 is 1.97 bits per heavy atom. The van der Waals surface area contributed by atoms with Crippen molar-refractivity contribution in [2.75, 3.05) is 26.2 Å². The standard InChI is InChI=1S/C23H22F3N3O5S/c24-23(25,26)34-19-6-1-15(2-7-19)3-10-21(30)28-11-17-13-29(14-18(17)12-28)22(31)16-4-8-20(9-5-16)35(27,32)33/h1-10,17-18H,11-14H2,(H2,27,32,33)/t17-,18-/m1/s1. The molecule has 2 saturated heterocycles. The fourth-order valence-corrected chi connectivity index (χ4v) is 4.88. The second kappa shape index (κ2) is 9.34. The number of amides is 2. The van der Waals surface area contributed by atoms with E-state index >= 15 is 0 Å².